The number of halogens is 2. The van der Waals surface area contributed by atoms with E-state index in [2.05, 4.69) is 16.3 Å². The largest absolute Gasteiger partial charge is 0.329 e. The molecule has 0 bridgehead atoms. The second kappa shape index (κ2) is 7.18. The molecule has 0 fully saturated rings. The van der Waals surface area contributed by atoms with Gasteiger partial charge in [-0.1, -0.05) is 23.7 Å². The van der Waals surface area contributed by atoms with Gasteiger partial charge >= 0.3 is 0 Å². The Hall–Kier alpha value is -0.940. The monoisotopic (exact) mass is 312 g/mol. The van der Waals surface area contributed by atoms with Gasteiger partial charge in [-0.3, -0.25) is 4.90 Å². The number of thiophene rings is 1. The van der Waals surface area contributed by atoms with Gasteiger partial charge in [0.1, 0.15) is 5.82 Å². The van der Waals surface area contributed by atoms with Crippen LogP contribution < -0.4 is 5.73 Å². The van der Waals surface area contributed by atoms with Gasteiger partial charge in [0.25, 0.3) is 0 Å². The fourth-order valence-electron chi connectivity index (χ4n) is 2.21. The Balaban J connectivity index is 2.06. The number of hydrogen-bond donors (Lipinski definition) is 1. The summed E-state index contributed by atoms with van der Waals surface area (Å²) in [6, 6.07) is 8.78. The maximum atomic E-state index is 14.0. The SMILES string of the molecule is CN(CCc1cccs1)C(CN)c1ccc(Cl)cc1F. The van der Waals surface area contributed by atoms with E-state index in [0.717, 1.165) is 13.0 Å². The molecule has 0 saturated carbocycles. The van der Waals surface area contributed by atoms with Gasteiger partial charge in [0, 0.05) is 34.6 Å². The second-order valence-electron chi connectivity index (χ2n) is 4.73. The molecular formula is C15H18ClFN2S. The first-order valence-electron chi connectivity index (χ1n) is 6.49. The summed E-state index contributed by atoms with van der Waals surface area (Å²) in [5.74, 6) is -0.295. The summed E-state index contributed by atoms with van der Waals surface area (Å²) in [5, 5.41) is 2.47. The summed E-state index contributed by atoms with van der Waals surface area (Å²) in [4.78, 5) is 3.41. The fourth-order valence-corrected chi connectivity index (χ4v) is 3.07. The van der Waals surface area contributed by atoms with Gasteiger partial charge in [0.05, 0.1) is 0 Å². The number of rotatable bonds is 6. The molecule has 0 saturated heterocycles. The molecule has 0 radical (unpaired) electrons. The first-order valence-corrected chi connectivity index (χ1v) is 7.75. The van der Waals surface area contributed by atoms with E-state index >= 15 is 0 Å². The Morgan fingerprint density at radius 3 is 2.80 bits per heavy atom. The van der Waals surface area contributed by atoms with E-state index in [9.17, 15) is 4.39 Å². The molecule has 1 heterocycles. The summed E-state index contributed by atoms with van der Waals surface area (Å²) < 4.78 is 14.0. The fraction of sp³-hybridized carbons (Fsp3) is 0.333. The molecule has 2 rings (SSSR count). The van der Waals surface area contributed by atoms with Crippen molar-refractivity contribution in [3.8, 4) is 0 Å². The van der Waals surface area contributed by atoms with Crippen molar-refractivity contribution in [3.05, 3.63) is 57.0 Å². The van der Waals surface area contributed by atoms with Crippen LogP contribution >= 0.6 is 22.9 Å². The lowest BCUT2D eigenvalue weighted by Crippen LogP contribution is -2.32. The van der Waals surface area contributed by atoms with Crippen molar-refractivity contribution in [1.29, 1.82) is 0 Å². The molecule has 2 N–H and O–H groups in total. The zero-order valence-corrected chi connectivity index (χ0v) is 12.9. The van der Waals surface area contributed by atoms with Crippen LogP contribution in [0.25, 0.3) is 0 Å². The third-order valence-electron chi connectivity index (χ3n) is 3.37. The predicted molar refractivity (Wildman–Crippen MR) is 83.9 cm³/mol. The van der Waals surface area contributed by atoms with Crippen molar-refractivity contribution in [1.82, 2.24) is 4.90 Å². The first kappa shape index (κ1) is 15.4. The topological polar surface area (TPSA) is 29.3 Å². The minimum atomic E-state index is -0.295. The van der Waals surface area contributed by atoms with E-state index in [4.69, 9.17) is 17.3 Å². The van der Waals surface area contributed by atoms with E-state index in [-0.39, 0.29) is 11.9 Å². The Kier molecular flexibility index (Phi) is 5.54. The first-order chi connectivity index (χ1) is 9.61. The Morgan fingerprint density at radius 2 is 2.20 bits per heavy atom. The highest BCUT2D eigenvalue weighted by molar-refractivity contribution is 7.09. The third-order valence-corrected chi connectivity index (χ3v) is 4.54. The molecule has 0 aliphatic heterocycles. The maximum absolute atomic E-state index is 14.0. The third kappa shape index (κ3) is 3.79. The highest BCUT2D eigenvalue weighted by Gasteiger charge is 2.19. The number of benzene rings is 1. The molecule has 5 heteroatoms. The van der Waals surface area contributed by atoms with Crippen molar-refractivity contribution < 1.29 is 4.39 Å². The molecule has 1 aromatic heterocycles. The molecule has 2 aromatic rings. The van der Waals surface area contributed by atoms with Gasteiger partial charge in [-0.25, -0.2) is 4.39 Å². The van der Waals surface area contributed by atoms with E-state index in [0.29, 0.717) is 17.1 Å². The van der Waals surface area contributed by atoms with Crippen LogP contribution in [-0.2, 0) is 6.42 Å². The van der Waals surface area contributed by atoms with Crippen LogP contribution in [0.5, 0.6) is 0 Å². The number of hydrogen-bond acceptors (Lipinski definition) is 3. The second-order valence-corrected chi connectivity index (χ2v) is 6.20. The zero-order chi connectivity index (χ0) is 14.5. The number of nitrogens with two attached hydrogens (primary N) is 1. The molecular weight excluding hydrogens is 295 g/mol. The standard InChI is InChI=1S/C15H18ClFN2S/c1-19(7-6-12-3-2-8-20-12)15(10-18)13-5-4-11(16)9-14(13)17/h2-5,8-9,15H,6-7,10,18H2,1H3. The lowest BCUT2D eigenvalue weighted by atomic mass is 10.0. The molecule has 0 aliphatic carbocycles. The van der Waals surface area contributed by atoms with Gasteiger partial charge in [-0.15, -0.1) is 11.3 Å². The maximum Gasteiger partial charge on any atom is 0.129 e. The minimum Gasteiger partial charge on any atom is -0.329 e. The van der Waals surface area contributed by atoms with Gasteiger partial charge in [0.15, 0.2) is 0 Å². The van der Waals surface area contributed by atoms with Crippen molar-refractivity contribution in [2.24, 2.45) is 5.73 Å². The predicted octanol–water partition coefficient (Wildman–Crippen LogP) is 3.71. The van der Waals surface area contributed by atoms with Crippen molar-refractivity contribution >= 4 is 22.9 Å². The highest BCUT2D eigenvalue weighted by Crippen LogP contribution is 2.24. The van der Waals surface area contributed by atoms with Crippen LogP contribution in [0.4, 0.5) is 4.39 Å². The van der Waals surface area contributed by atoms with Gasteiger partial charge in [-0.05, 0) is 37.0 Å². The Bertz CT molecular complexity index is 545. The van der Waals surface area contributed by atoms with Crippen LogP contribution in [0.1, 0.15) is 16.5 Å². The van der Waals surface area contributed by atoms with E-state index in [1.165, 1.54) is 10.9 Å². The number of likely N-dealkylation sites (N-methyl/N-ethyl adjacent to an activating group) is 1. The van der Waals surface area contributed by atoms with Crippen LogP contribution in [0.2, 0.25) is 5.02 Å². The quantitative estimate of drug-likeness (QED) is 0.881. The summed E-state index contributed by atoms with van der Waals surface area (Å²) in [6.07, 6.45) is 0.944. The van der Waals surface area contributed by atoms with Gasteiger partial charge in [-0.2, -0.15) is 0 Å². The summed E-state index contributed by atoms with van der Waals surface area (Å²) in [6.45, 7) is 1.21. The smallest absolute Gasteiger partial charge is 0.129 e. The Morgan fingerprint density at radius 1 is 1.40 bits per heavy atom. The zero-order valence-electron chi connectivity index (χ0n) is 11.4. The van der Waals surface area contributed by atoms with Gasteiger partial charge < -0.3 is 5.73 Å². The van der Waals surface area contributed by atoms with Crippen LogP contribution in [0.15, 0.2) is 35.7 Å². The van der Waals surface area contributed by atoms with E-state index in [1.54, 1.807) is 23.5 Å². The Labute approximate surface area is 128 Å². The van der Waals surface area contributed by atoms with Crippen LogP contribution in [-0.4, -0.2) is 25.0 Å². The average molecular weight is 313 g/mol. The summed E-state index contributed by atoms with van der Waals surface area (Å²) in [7, 11) is 1.97. The molecule has 2 nitrogen and oxygen atoms in total. The van der Waals surface area contributed by atoms with E-state index < -0.39 is 0 Å². The van der Waals surface area contributed by atoms with Gasteiger partial charge in [0.2, 0.25) is 0 Å². The summed E-state index contributed by atoms with van der Waals surface area (Å²) >= 11 is 7.53. The van der Waals surface area contributed by atoms with Crippen LogP contribution in [0.3, 0.4) is 0 Å². The average Bonchev–Trinajstić information content (AvgIpc) is 2.93. The molecule has 20 heavy (non-hydrogen) atoms. The molecule has 1 atom stereocenters. The van der Waals surface area contributed by atoms with Crippen molar-refractivity contribution in [3.63, 3.8) is 0 Å². The lowest BCUT2D eigenvalue weighted by molar-refractivity contribution is 0.248. The minimum absolute atomic E-state index is 0.132. The van der Waals surface area contributed by atoms with Crippen LogP contribution in [0, 0.1) is 5.82 Å². The van der Waals surface area contributed by atoms with Crippen molar-refractivity contribution in [2.75, 3.05) is 20.1 Å². The molecule has 0 aliphatic rings. The van der Waals surface area contributed by atoms with E-state index in [1.807, 2.05) is 13.1 Å². The normalized spacial score (nSPS) is 12.8. The number of nitrogens with zero attached hydrogens (tertiary/aromatic N) is 1. The lowest BCUT2D eigenvalue weighted by Gasteiger charge is -2.27. The molecule has 0 spiro atoms. The molecule has 108 valence electrons. The molecule has 1 aromatic carbocycles. The molecule has 0 amide bonds. The highest BCUT2D eigenvalue weighted by atomic mass is 35.5. The van der Waals surface area contributed by atoms with Crippen molar-refractivity contribution in [2.45, 2.75) is 12.5 Å². The summed E-state index contributed by atoms with van der Waals surface area (Å²) in [5.41, 5.74) is 6.43. The molecule has 1 unspecified atom stereocenters.